The lowest BCUT2D eigenvalue weighted by atomic mass is 10.2. The summed E-state index contributed by atoms with van der Waals surface area (Å²) in [5, 5.41) is 2.60. The lowest BCUT2D eigenvalue weighted by molar-refractivity contribution is -0.124. The average Bonchev–Trinajstić information content (AvgIpc) is 3.27. The van der Waals surface area contributed by atoms with Crippen LogP contribution in [0.3, 0.4) is 0 Å². The minimum Gasteiger partial charge on any atom is -0.452 e. The molecule has 1 aromatic carbocycles. The van der Waals surface area contributed by atoms with Crippen molar-refractivity contribution in [1.82, 2.24) is 5.32 Å². The molecular weight excluding hydrogens is 390 g/mol. The topological polar surface area (TPSA) is 98.8 Å². The Morgan fingerprint density at radius 3 is 2.78 bits per heavy atom. The van der Waals surface area contributed by atoms with Crippen molar-refractivity contribution < 1.29 is 27.5 Å². The summed E-state index contributed by atoms with van der Waals surface area (Å²) in [4.78, 5) is 25.1. The third kappa shape index (κ3) is 5.95. The van der Waals surface area contributed by atoms with Gasteiger partial charge in [-0.15, -0.1) is 11.8 Å². The maximum Gasteiger partial charge on any atom is 0.339 e. The zero-order valence-corrected chi connectivity index (χ0v) is 16.5. The van der Waals surface area contributed by atoms with Gasteiger partial charge in [-0.1, -0.05) is 12.1 Å². The first-order chi connectivity index (χ1) is 12.9. The minimum absolute atomic E-state index is 0.0601. The van der Waals surface area contributed by atoms with E-state index >= 15 is 0 Å². The summed E-state index contributed by atoms with van der Waals surface area (Å²) in [5.74, 6) is -0.279. The molecule has 2 saturated heterocycles. The number of nitrogens with one attached hydrogen (secondary N) is 1. The molecule has 2 aliphatic heterocycles. The number of thioether (sulfide) groups is 1. The molecular formula is C18H23NO6S2. The third-order valence-corrected chi connectivity index (χ3v) is 7.46. The quantitative estimate of drug-likeness (QED) is 0.533. The molecule has 0 bridgehead atoms. The molecule has 0 radical (unpaired) electrons. The van der Waals surface area contributed by atoms with Gasteiger partial charge in [0, 0.05) is 23.3 Å². The summed E-state index contributed by atoms with van der Waals surface area (Å²) in [5.41, 5.74) is 0.414. The molecule has 3 rings (SSSR count). The maximum absolute atomic E-state index is 12.4. The van der Waals surface area contributed by atoms with E-state index in [2.05, 4.69) is 5.32 Å². The van der Waals surface area contributed by atoms with E-state index in [1.807, 2.05) is 12.1 Å². The molecule has 0 unspecified atom stereocenters. The fourth-order valence-corrected chi connectivity index (χ4v) is 5.89. The van der Waals surface area contributed by atoms with Gasteiger partial charge in [-0.25, -0.2) is 13.2 Å². The fourth-order valence-electron chi connectivity index (χ4n) is 3.11. The number of ether oxygens (including phenoxy) is 2. The van der Waals surface area contributed by atoms with Gasteiger partial charge in [-0.3, -0.25) is 4.79 Å². The van der Waals surface area contributed by atoms with Crippen LogP contribution in [-0.4, -0.2) is 62.9 Å². The number of sulfone groups is 1. The number of esters is 1. The lowest BCUT2D eigenvalue weighted by Gasteiger charge is -2.13. The van der Waals surface area contributed by atoms with E-state index in [1.54, 1.807) is 12.1 Å². The zero-order valence-electron chi connectivity index (χ0n) is 14.9. The lowest BCUT2D eigenvalue weighted by Crippen LogP contribution is -2.38. The molecule has 9 heteroatoms. The van der Waals surface area contributed by atoms with Crippen molar-refractivity contribution in [1.29, 1.82) is 0 Å². The second-order valence-electron chi connectivity index (χ2n) is 6.69. The summed E-state index contributed by atoms with van der Waals surface area (Å²) in [7, 11) is -3.07. The van der Waals surface area contributed by atoms with Crippen molar-refractivity contribution in [3.05, 3.63) is 29.8 Å². The number of benzene rings is 1. The van der Waals surface area contributed by atoms with Gasteiger partial charge < -0.3 is 14.8 Å². The van der Waals surface area contributed by atoms with Gasteiger partial charge in [0.1, 0.15) is 0 Å². The highest BCUT2D eigenvalue weighted by Crippen LogP contribution is 2.27. The largest absolute Gasteiger partial charge is 0.452 e. The van der Waals surface area contributed by atoms with E-state index < -0.39 is 34.4 Å². The summed E-state index contributed by atoms with van der Waals surface area (Å²) in [6.45, 7) is 0.354. The van der Waals surface area contributed by atoms with Crippen molar-refractivity contribution in [3.63, 3.8) is 0 Å². The summed E-state index contributed by atoms with van der Waals surface area (Å²) in [6, 6.07) is 6.70. The van der Waals surface area contributed by atoms with Gasteiger partial charge in [-0.05, 0) is 31.4 Å². The van der Waals surface area contributed by atoms with Crippen LogP contribution < -0.4 is 5.32 Å². The van der Waals surface area contributed by atoms with Crippen LogP contribution in [0.4, 0.5) is 0 Å². The van der Waals surface area contributed by atoms with Crippen LogP contribution in [0.15, 0.2) is 29.2 Å². The molecule has 2 aliphatic rings. The maximum atomic E-state index is 12.4. The van der Waals surface area contributed by atoms with Gasteiger partial charge in [0.05, 0.1) is 23.2 Å². The number of hydrogen-bond donors (Lipinski definition) is 1. The second kappa shape index (κ2) is 9.07. The molecule has 0 aliphatic carbocycles. The Morgan fingerprint density at radius 1 is 1.26 bits per heavy atom. The predicted octanol–water partition coefficient (Wildman–Crippen LogP) is 1.42. The van der Waals surface area contributed by atoms with Crippen molar-refractivity contribution in [2.45, 2.75) is 36.3 Å². The third-order valence-electron chi connectivity index (χ3n) is 4.49. The predicted molar refractivity (Wildman–Crippen MR) is 102 cm³/mol. The van der Waals surface area contributed by atoms with Crippen LogP contribution in [0.1, 0.15) is 29.6 Å². The van der Waals surface area contributed by atoms with Crippen molar-refractivity contribution >= 4 is 33.5 Å². The Kier molecular flexibility index (Phi) is 6.78. The summed E-state index contributed by atoms with van der Waals surface area (Å²) >= 11 is 1.54. The number of amides is 1. The Morgan fingerprint density at radius 2 is 2.07 bits per heavy atom. The molecule has 1 amide bonds. The first kappa shape index (κ1) is 20.2. The van der Waals surface area contributed by atoms with Gasteiger partial charge in [0.2, 0.25) is 0 Å². The minimum atomic E-state index is -3.07. The SMILES string of the molecule is O=C(COC(=O)c1ccccc1SC[C@@H]1CCCO1)N[C@@H]1CCS(=O)(=O)C1. The number of carbonyl (C=O) groups excluding carboxylic acids is 2. The molecule has 1 N–H and O–H groups in total. The van der Waals surface area contributed by atoms with Crippen molar-refractivity contribution in [2.75, 3.05) is 30.5 Å². The van der Waals surface area contributed by atoms with E-state index in [0.717, 1.165) is 30.1 Å². The summed E-state index contributed by atoms with van der Waals surface area (Å²) < 4.78 is 33.6. The molecule has 0 aromatic heterocycles. The average molecular weight is 414 g/mol. The van der Waals surface area contributed by atoms with E-state index in [4.69, 9.17) is 9.47 Å². The zero-order chi connectivity index (χ0) is 19.3. The molecule has 0 saturated carbocycles. The van der Waals surface area contributed by atoms with Gasteiger partial charge in [0.25, 0.3) is 5.91 Å². The molecule has 2 heterocycles. The van der Waals surface area contributed by atoms with E-state index in [-0.39, 0.29) is 17.6 Å². The molecule has 0 spiro atoms. The first-order valence-electron chi connectivity index (χ1n) is 8.93. The van der Waals surface area contributed by atoms with Crippen molar-refractivity contribution in [2.24, 2.45) is 0 Å². The van der Waals surface area contributed by atoms with Crippen LogP contribution in [0.25, 0.3) is 0 Å². The van der Waals surface area contributed by atoms with Gasteiger partial charge in [0.15, 0.2) is 16.4 Å². The van der Waals surface area contributed by atoms with Crippen LogP contribution in [0.5, 0.6) is 0 Å². The summed E-state index contributed by atoms with van der Waals surface area (Å²) in [6.07, 6.45) is 2.68. The van der Waals surface area contributed by atoms with Crippen molar-refractivity contribution in [3.8, 4) is 0 Å². The van der Waals surface area contributed by atoms with E-state index in [9.17, 15) is 18.0 Å². The molecule has 2 fully saturated rings. The normalized spacial score (nSPS) is 23.9. The highest BCUT2D eigenvalue weighted by Gasteiger charge is 2.29. The van der Waals surface area contributed by atoms with E-state index in [0.29, 0.717) is 12.0 Å². The number of rotatable bonds is 7. The molecule has 2 atom stereocenters. The standard InChI is InChI=1S/C18H23NO6S2/c20-17(19-13-7-9-27(22,23)12-13)10-25-18(21)15-5-1-2-6-16(15)26-11-14-4-3-8-24-14/h1-2,5-6,13-14H,3-4,7-12H2,(H,19,20)/t13-,14+/m1/s1. The van der Waals surface area contributed by atoms with Crippen LogP contribution in [0, 0.1) is 0 Å². The Balaban J connectivity index is 1.49. The van der Waals surface area contributed by atoms with Crippen LogP contribution >= 0.6 is 11.8 Å². The van der Waals surface area contributed by atoms with Gasteiger partial charge in [-0.2, -0.15) is 0 Å². The van der Waals surface area contributed by atoms with Gasteiger partial charge >= 0.3 is 5.97 Å². The fraction of sp³-hybridized carbons (Fsp3) is 0.556. The van der Waals surface area contributed by atoms with Crippen LogP contribution in [-0.2, 0) is 24.1 Å². The van der Waals surface area contributed by atoms with Crippen LogP contribution in [0.2, 0.25) is 0 Å². The monoisotopic (exact) mass is 413 g/mol. The molecule has 1 aromatic rings. The number of carbonyl (C=O) groups is 2. The van der Waals surface area contributed by atoms with E-state index in [1.165, 1.54) is 11.8 Å². The molecule has 7 nitrogen and oxygen atoms in total. The Hall–Kier alpha value is -1.58. The second-order valence-corrected chi connectivity index (χ2v) is 9.98. The molecule has 27 heavy (non-hydrogen) atoms. The Labute approximate surface area is 163 Å². The smallest absolute Gasteiger partial charge is 0.339 e. The molecule has 148 valence electrons. The Bertz CT molecular complexity index is 789. The number of hydrogen-bond acceptors (Lipinski definition) is 7. The first-order valence-corrected chi connectivity index (χ1v) is 11.7. The highest BCUT2D eigenvalue weighted by molar-refractivity contribution is 7.99. The highest BCUT2D eigenvalue weighted by atomic mass is 32.2.